The fourth-order valence-electron chi connectivity index (χ4n) is 2.84. The van der Waals surface area contributed by atoms with Crippen LogP contribution in [0.25, 0.3) is 0 Å². The third-order valence-corrected chi connectivity index (χ3v) is 5.20. The summed E-state index contributed by atoms with van der Waals surface area (Å²) in [4.78, 5) is 26.1. The second-order valence-corrected chi connectivity index (χ2v) is 7.59. The molecule has 1 heterocycles. The number of methoxy groups -OCH3 is 2. The van der Waals surface area contributed by atoms with E-state index in [1.54, 1.807) is 12.1 Å². The summed E-state index contributed by atoms with van der Waals surface area (Å²) in [5.41, 5.74) is -6.06. The molecule has 0 aromatic heterocycles. The fourth-order valence-corrected chi connectivity index (χ4v) is 3.31. The Morgan fingerprint density at radius 2 is 1.60 bits per heavy atom. The van der Waals surface area contributed by atoms with Crippen LogP contribution in [0.1, 0.15) is 26.3 Å². The van der Waals surface area contributed by atoms with Crippen molar-refractivity contribution in [2.75, 3.05) is 14.2 Å². The average Bonchev–Trinajstić information content (AvgIpc) is 2.92. The van der Waals surface area contributed by atoms with E-state index in [0.717, 1.165) is 17.0 Å². The van der Waals surface area contributed by atoms with E-state index in [1.807, 2.05) is 0 Å². The highest BCUT2D eigenvalue weighted by molar-refractivity contribution is 7.88. The number of carbonyl (C=O) groups is 2. The van der Waals surface area contributed by atoms with E-state index in [0.29, 0.717) is 17.1 Å². The predicted octanol–water partition coefficient (Wildman–Crippen LogP) is 2.73. The largest absolute Gasteiger partial charge is 0.534 e. The van der Waals surface area contributed by atoms with Gasteiger partial charge in [0, 0.05) is 0 Å². The summed E-state index contributed by atoms with van der Waals surface area (Å²) in [6, 6.07) is 7.82. The van der Waals surface area contributed by atoms with Gasteiger partial charge in [0.25, 0.3) is 11.8 Å². The number of hydrogen-bond donors (Lipinski definition) is 0. The highest BCUT2D eigenvalue weighted by atomic mass is 32.2. The van der Waals surface area contributed by atoms with Gasteiger partial charge >= 0.3 is 15.6 Å². The summed E-state index contributed by atoms with van der Waals surface area (Å²) in [6.07, 6.45) is 0. The number of hydrogen-bond acceptors (Lipinski definition) is 7. The van der Waals surface area contributed by atoms with E-state index in [4.69, 9.17) is 9.47 Å². The Morgan fingerprint density at radius 3 is 2.20 bits per heavy atom. The number of fused-ring (bicyclic) bond motifs is 1. The van der Waals surface area contributed by atoms with E-state index in [1.165, 1.54) is 26.4 Å². The molecule has 30 heavy (non-hydrogen) atoms. The molecule has 12 heteroatoms. The summed E-state index contributed by atoms with van der Waals surface area (Å²) >= 11 is 0. The van der Waals surface area contributed by atoms with Gasteiger partial charge < -0.3 is 13.7 Å². The Bertz CT molecular complexity index is 1130. The van der Waals surface area contributed by atoms with Crippen LogP contribution in [0.15, 0.2) is 36.4 Å². The molecule has 2 amide bonds. The minimum absolute atomic E-state index is 0.238. The number of amides is 2. The molecule has 0 fully saturated rings. The SMILES string of the molecule is COc1ccc(CN2C(=O)c3cccc(OS(=O)(=O)C(F)(F)F)c3C2=O)cc1OC. The van der Waals surface area contributed by atoms with E-state index in [2.05, 4.69) is 4.18 Å². The van der Waals surface area contributed by atoms with E-state index < -0.39 is 38.8 Å². The molecule has 1 aliphatic rings. The summed E-state index contributed by atoms with van der Waals surface area (Å²) in [5.74, 6) is -1.92. The zero-order valence-corrected chi connectivity index (χ0v) is 16.3. The number of imide groups is 1. The normalized spacial score (nSPS) is 14.0. The Labute approximate surface area is 168 Å². The Kier molecular flexibility index (Phi) is 5.37. The molecule has 0 saturated carbocycles. The molecule has 0 aliphatic carbocycles. The monoisotopic (exact) mass is 445 g/mol. The first-order chi connectivity index (χ1) is 14.0. The lowest BCUT2D eigenvalue weighted by atomic mass is 10.1. The van der Waals surface area contributed by atoms with Gasteiger partial charge in [0.1, 0.15) is 0 Å². The third kappa shape index (κ3) is 3.65. The van der Waals surface area contributed by atoms with Gasteiger partial charge in [-0.3, -0.25) is 14.5 Å². The molecule has 160 valence electrons. The van der Waals surface area contributed by atoms with Crippen LogP contribution in [0.5, 0.6) is 17.2 Å². The number of rotatable bonds is 6. The van der Waals surface area contributed by atoms with Crippen LogP contribution < -0.4 is 13.7 Å². The number of ether oxygens (including phenoxy) is 2. The molecule has 0 radical (unpaired) electrons. The molecule has 0 atom stereocenters. The molecule has 0 spiro atoms. The maximum Gasteiger partial charge on any atom is 0.534 e. The molecular weight excluding hydrogens is 431 g/mol. The van der Waals surface area contributed by atoms with E-state index >= 15 is 0 Å². The number of nitrogens with zero attached hydrogens (tertiary/aromatic N) is 1. The van der Waals surface area contributed by atoms with E-state index in [-0.39, 0.29) is 12.1 Å². The van der Waals surface area contributed by atoms with Gasteiger partial charge in [0.05, 0.1) is 31.9 Å². The summed E-state index contributed by atoms with van der Waals surface area (Å²) in [6.45, 7) is -0.238. The van der Waals surface area contributed by atoms with Gasteiger partial charge in [-0.05, 0) is 29.8 Å². The smallest absolute Gasteiger partial charge is 0.493 e. The topological polar surface area (TPSA) is 99.2 Å². The zero-order chi connectivity index (χ0) is 22.3. The van der Waals surface area contributed by atoms with Crippen molar-refractivity contribution in [1.82, 2.24) is 4.90 Å². The van der Waals surface area contributed by atoms with Crippen molar-refractivity contribution in [2.45, 2.75) is 12.1 Å². The van der Waals surface area contributed by atoms with Crippen LogP contribution in [-0.2, 0) is 16.7 Å². The fraction of sp³-hybridized carbons (Fsp3) is 0.222. The van der Waals surface area contributed by atoms with Crippen molar-refractivity contribution in [1.29, 1.82) is 0 Å². The van der Waals surface area contributed by atoms with Crippen LogP contribution >= 0.6 is 0 Å². The number of carbonyl (C=O) groups excluding carboxylic acids is 2. The first-order valence-corrected chi connectivity index (χ1v) is 9.62. The summed E-state index contributed by atoms with van der Waals surface area (Å²) in [5, 5.41) is 0. The number of benzene rings is 2. The molecule has 3 rings (SSSR count). The number of halogens is 3. The first kappa shape index (κ1) is 21.4. The molecule has 8 nitrogen and oxygen atoms in total. The van der Waals surface area contributed by atoms with Crippen molar-refractivity contribution in [3.63, 3.8) is 0 Å². The molecule has 2 aromatic carbocycles. The Morgan fingerprint density at radius 1 is 0.933 bits per heavy atom. The van der Waals surface area contributed by atoms with Crippen molar-refractivity contribution < 1.29 is 44.8 Å². The molecule has 0 saturated heterocycles. The second-order valence-electron chi connectivity index (χ2n) is 6.05. The van der Waals surface area contributed by atoms with Crippen molar-refractivity contribution >= 4 is 21.9 Å². The van der Waals surface area contributed by atoms with Crippen LogP contribution in [0.4, 0.5) is 13.2 Å². The minimum Gasteiger partial charge on any atom is -0.493 e. The molecule has 0 bridgehead atoms. The van der Waals surface area contributed by atoms with Crippen LogP contribution in [0.2, 0.25) is 0 Å². The van der Waals surface area contributed by atoms with Crippen LogP contribution in [-0.4, -0.2) is 44.9 Å². The lowest BCUT2D eigenvalue weighted by molar-refractivity contribution is -0.0500. The molecule has 2 aromatic rings. The third-order valence-electron chi connectivity index (χ3n) is 4.23. The van der Waals surface area contributed by atoms with Gasteiger partial charge in [-0.25, -0.2) is 0 Å². The molecule has 0 unspecified atom stereocenters. The highest BCUT2D eigenvalue weighted by Crippen LogP contribution is 2.36. The average molecular weight is 445 g/mol. The lowest BCUT2D eigenvalue weighted by Gasteiger charge is -2.16. The van der Waals surface area contributed by atoms with Gasteiger partial charge in [-0.15, -0.1) is 0 Å². The molecular formula is C18H14F3NO7S. The predicted molar refractivity (Wildman–Crippen MR) is 95.8 cm³/mol. The Balaban J connectivity index is 1.95. The Hall–Kier alpha value is -3.28. The summed E-state index contributed by atoms with van der Waals surface area (Å²) in [7, 11) is -3.19. The quantitative estimate of drug-likeness (QED) is 0.383. The highest BCUT2D eigenvalue weighted by Gasteiger charge is 2.50. The standard InChI is InChI=1S/C18H14F3NO7S/c1-27-12-7-6-10(8-14(12)28-2)9-22-16(23)11-4-3-5-13(15(11)17(22)24)29-30(25,26)18(19,20)21/h3-8H,9H2,1-2H3. The molecule has 0 N–H and O–H groups in total. The van der Waals surface area contributed by atoms with Gasteiger partial charge in [0.15, 0.2) is 17.2 Å². The lowest BCUT2D eigenvalue weighted by Crippen LogP contribution is -2.30. The molecule has 1 aliphatic heterocycles. The minimum atomic E-state index is -6.02. The van der Waals surface area contributed by atoms with Crippen molar-refractivity contribution in [3.8, 4) is 17.2 Å². The summed E-state index contributed by atoms with van der Waals surface area (Å²) < 4.78 is 75.0. The van der Waals surface area contributed by atoms with Gasteiger partial charge in [-0.2, -0.15) is 21.6 Å². The first-order valence-electron chi connectivity index (χ1n) is 8.21. The van der Waals surface area contributed by atoms with Gasteiger partial charge in [-0.1, -0.05) is 12.1 Å². The second kappa shape index (κ2) is 7.52. The van der Waals surface area contributed by atoms with E-state index in [9.17, 15) is 31.2 Å². The number of alkyl halides is 3. The van der Waals surface area contributed by atoms with Crippen molar-refractivity contribution in [3.05, 3.63) is 53.1 Å². The van der Waals surface area contributed by atoms with Crippen LogP contribution in [0, 0.1) is 0 Å². The van der Waals surface area contributed by atoms with Crippen LogP contribution in [0.3, 0.4) is 0 Å². The zero-order valence-electron chi connectivity index (χ0n) is 15.5. The van der Waals surface area contributed by atoms with Gasteiger partial charge in [0.2, 0.25) is 0 Å². The maximum atomic E-state index is 12.7. The van der Waals surface area contributed by atoms with Crippen molar-refractivity contribution in [2.24, 2.45) is 0 Å². The maximum absolute atomic E-state index is 12.7.